The maximum Gasteiger partial charge on any atom is 0.165 e. The topological polar surface area (TPSA) is 17.1 Å². The van der Waals surface area contributed by atoms with Crippen LogP contribution in [0.4, 0.5) is 0 Å². The Balaban J connectivity index is 2.99. The Morgan fingerprint density at radius 3 is 2.62 bits per heavy atom. The van der Waals surface area contributed by atoms with Crippen molar-refractivity contribution in [2.75, 3.05) is 5.88 Å². The van der Waals surface area contributed by atoms with Gasteiger partial charge in [-0.25, -0.2) is 0 Å². The Morgan fingerprint density at radius 1 is 1.31 bits per heavy atom. The maximum atomic E-state index is 11.4. The van der Waals surface area contributed by atoms with Crippen molar-refractivity contribution in [3.8, 4) is 0 Å². The molecule has 0 saturated carbocycles. The fourth-order valence-corrected chi connectivity index (χ4v) is 1.50. The molecule has 1 rings (SSSR count). The van der Waals surface area contributed by atoms with E-state index in [1.165, 1.54) is 0 Å². The van der Waals surface area contributed by atoms with Crippen molar-refractivity contribution < 1.29 is 4.79 Å². The Labute approximate surface area is 91.6 Å². The molecular weight excluding hydrogens is 230 g/mol. The summed E-state index contributed by atoms with van der Waals surface area (Å²) in [6, 6.07) is 4.80. The van der Waals surface area contributed by atoms with E-state index in [4.69, 9.17) is 34.8 Å². The van der Waals surface area contributed by atoms with Crippen molar-refractivity contribution in [1.29, 1.82) is 0 Å². The third kappa shape index (κ3) is 2.87. The summed E-state index contributed by atoms with van der Waals surface area (Å²) in [4.78, 5) is 11.4. The van der Waals surface area contributed by atoms with Gasteiger partial charge in [0.05, 0.1) is 5.02 Å². The third-order valence-electron chi connectivity index (χ3n) is 1.55. The molecule has 0 spiro atoms. The van der Waals surface area contributed by atoms with Crippen molar-refractivity contribution in [3.05, 3.63) is 33.8 Å². The van der Waals surface area contributed by atoms with Gasteiger partial charge in [-0.15, -0.1) is 11.6 Å². The van der Waals surface area contributed by atoms with Crippen LogP contribution in [-0.2, 0) is 0 Å². The van der Waals surface area contributed by atoms with Crippen LogP contribution >= 0.6 is 34.8 Å². The van der Waals surface area contributed by atoms with E-state index < -0.39 is 0 Å². The van der Waals surface area contributed by atoms with E-state index >= 15 is 0 Å². The molecule has 1 nitrogen and oxygen atoms in total. The molecule has 4 heteroatoms. The second-order valence-corrected chi connectivity index (χ2v) is 3.71. The Hall–Kier alpha value is -0.240. The number of carbonyl (C=O) groups is 1. The molecule has 0 fully saturated rings. The number of halogens is 3. The number of hydrogen-bond donors (Lipinski definition) is 0. The molecule has 0 aliphatic carbocycles. The van der Waals surface area contributed by atoms with Gasteiger partial charge in [-0.05, 0) is 18.2 Å². The van der Waals surface area contributed by atoms with Crippen LogP contribution in [0.3, 0.4) is 0 Å². The molecule has 0 unspecified atom stereocenters. The van der Waals surface area contributed by atoms with Crippen LogP contribution in [0, 0.1) is 0 Å². The van der Waals surface area contributed by atoms with Crippen LogP contribution < -0.4 is 0 Å². The average Bonchev–Trinajstić information content (AvgIpc) is 2.09. The third-order valence-corrected chi connectivity index (χ3v) is 2.30. The highest BCUT2D eigenvalue weighted by molar-refractivity contribution is 6.36. The molecule has 13 heavy (non-hydrogen) atoms. The minimum absolute atomic E-state index is 0.0810. The van der Waals surface area contributed by atoms with Gasteiger partial charge in [0, 0.05) is 22.9 Å². The monoisotopic (exact) mass is 236 g/mol. The lowest BCUT2D eigenvalue weighted by molar-refractivity contribution is 0.0989. The first kappa shape index (κ1) is 10.8. The predicted octanol–water partition coefficient (Wildman–Crippen LogP) is 3.81. The van der Waals surface area contributed by atoms with E-state index in [0.717, 1.165) is 0 Å². The van der Waals surface area contributed by atoms with Gasteiger partial charge in [0.15, 0.2) is 5.78 Å². The van der Waals surface area contributed by atoms with Gasteiger partial charge in [0.25, 0.3) is 0 Å². The standard InChI is InChI=1S/C9H7Cl3O/c10-4-3-9(13)7-5-6(11)1-2-8(7)12/h1-2,5H,3-4H2. The van der Waals surface area contributed by atoms with Gasteiger partial charge in [-0.1, -0.05) is 23.2 Å². The smallest absolute Gasteiger partial charge is 0.165 e. The molecule has 0 bridgehead atoms. The highest BCUT2D eigenvalue weighted by Crippen LogP contribution is 2.21. The van der Waals surface area contributed by atoms with E-state index in [-0.39, 0.29) is 12.2 Å². The zero-order valence-electron chi connectivity index (χ0n) is 6.69. The highest BCUT2D eigenvalue weighted by Gasteiger charge is 2.09. The van der Waals surface area contributed by atoms with E-state index in [0.29, 0.717) is 21.5 Å². The van der Waals surface area contributed by atoms with Crippen LogP contribution in [-0.4, -0.2) is 11.7 Å². The molecule has 0 atom stereocenters. The quantitative estimate of drug-likeness (QED) is 0.577. The fourth-order valence-electron chi connectivity index (χ4n) is 0.932. The van der Waals surface area contributed by atoms with Crippen molar-refractivity contribution >= 4 is 40.6 Å². The summed E-state index contributed by atoms with van der Waals surface area (Å²) < 4.78 is 0. The first-order valence-electron chi connectivity index (χ1n) is 3.69. The van der Waals surface area contributed by atoms with Crippen LogP contribution in [0.2, 0.25) is 10.0 Å². The number of rotatable bonds is 3. The number of benzene rings is 1. The summed E-state index contributed by atoms with van der Waals surface area (Å²) in [6.45, 7) is 0. The van der Waals surface area contributed by atoms with Crippen molar-refractivity contribution in [3.63, 3.8) is 0 Å². The molecule has 0 N–H and O–H groups in total. The van der Waals surface area contributed by atoms with E-state index in [2.05, 4.69) is 0 Å². The SMILES string of the molecule is O=C(CCCl)c1cc(Cl)ccc1Cl. The van der Waals surface area contributed by atoms with Gasteiger partial charge >= 0.3 is 0 Å². The number of alkyl halides is 1. The largest absolute Gasteiger partial charge is 0.294 e. The van der Waals surface area contributed by atoms with Crippen LogP contribution in [0.1, 0.15) is 16.8 Å². The minimum atomic E-state index is -0.0810. The first-order chi connectivity index (χ1) is 6.15. The molecule has 0 aliphatic heterocycles. The van der Waals surface area contributed by atoms with E-state index in [9.17, 15) is 4.79 Å². The summed E-state index contributed by atoms with van der Waals surface area (Å²) in [7, 11) is 0. The van der Waals surface area contributed by atoms with Crippen LogP contribution in [0.15, 0.2) is 18.2 Å². The summed E-state index contributed by atoms with van der Waals surface area (Å²) in [5, 5.41) is 0.918. The molecule has 0 aromatic heterocycles. The lowest BCUT2D eigenvalue weighted by Gasteiger charge is -2.01. The molecular formula is C9H7Cl3O. The summed E-state index contributed by atoms with van der Waals surface area (Å²) >= 11 is 17.0. The lowest BCUT2D eigenvalue weighted by atomic mass is 10.1. The molecule has 0 saturated heterocycles. The number of carbonyl (C=O) groups excluding carboxylic acids is 1. The average molecular weight is 238 g/mol. The van der Waals surface area contributed by atoms with Crippen molar-refractivity contribution in [2.45, 2.75) is 6.42 Å². The van der Waals surface area contributed by atoms with Gasteiger partial charge in [0.2, 0.25) is 0 Å². The van der Waals surface area contributed by atoms with Gasteiger partial charge in [0.1, 0.15) is 0 Å². The number of ketones is 1. The van der Waals surface area contributed by atoms with Crippen molar-refractivity contribution in [2.24, 2.45) is 0 Å². The first-order valence-corrected chi connectivity index (χ1v) is 4.98. The van der Waals surface area contributed by atoms with Crippen molar-refractivity contribution in [1.82, 2.24) is 0 Å². The zero-order valence-corrected chi connectivity index (χ0v) is 8.96. The fraction of sp³-hybridized carbons (Fsp3) is 0.222. The van der Waals surface area contributed by atoms with E-state index in [1.807, 2.05) is 0 Å². The summed E-state index contributed by atoms with van der Waals surface area (Å²) in [6.07, 6.45) is 0.279. The van der Waals surface area contributed by atoms with Crippen LogP contribution in [0.5, 0.6) is 0 Å². The molecule has 1 aromatic rings. The molecule has 1 aromatic carbocycles. The van der Waals surface area contributed by atoms with Crippen LogP contribution in [0.25, 0.3) is 0 Å². The second-order valence-electron chi connectivity index (χ2n) is 2.49. The minimum Gasteiger partial charge on any atom is -0.294 e. The second kappa shape index (κ2) is 4.85. The molecule has 0 amide bonds. The summed E-state index contributed by atoms with van der Waals surface area (Å²) in [5.74, 6) is 0.212. The predicted molar refractivity (Wildman–Crippen MR) is 56.1 cm³/mol. The normalized spacial score (nSPS) is 10.1. The number of Topliss-reactive ketones (excluding diaryl/α,β-unsaturated/α-hetero) is 1. The lowest BCUT2D eigenvalue weighted by Crippen LogP contribution is -2.00. The van der Waals surface area contributed by atoms with Gasteiger partial charge in [-0.2, -0.15) is 0 Å². The maximum absolute atomic E-state index is 11.4. The molecule has 0 radical (unpaired) electrons. The molecule has 0 heterocycles. The Kier molecular flexibility index (Phi) is 4.04. The molecule has 0 aliphatic rings. The highest BCUT2D eigenvalue weighted by atomic mass is 35.5. The Bertz CT molecular complexity index is 323. The summed E-state index contributed by atoms with van der Waals surface area (Å²) in [5.41, 5.74) is 0.440. The van der Waals surface area contributed by atoms with Gasteiger partial charge < -0.3 is 0 Å². The number of hydrogen-bond acceptors (Lipinski definition) is 1. The molecule has 70 valence electrons. The Morgan fingerprint density at radius 2 is 2.00 bits per heavy atom. The zero-order chi connectivity index (χ0) is 9.84. The van der Waals surface area contributed by atoms with E-state index in [1.54, 1.807) is 18.2 Å². The van der Waals surface area contributed by atoms with Gasteiger partial charge in [-0.3, -0.25) is 4.79 Å².